The summed E-state index contributed by atoms with van der Waals surface area (Å²) in [5.41, 5.74) is 11.3. The van der Waals surface area contributed by atoms with Crippen LogP contribution in [0.2, 0.25) is 0 Å². The van der Waals surface area contributed by atoms with Gasteiger partial charge in [-0.05, 0) is 67.8 Å². The molecule has 0 fully saturated rings. The summed E-state index contributed by atoms with van der Waals surface area (Å²) >= 11 is 5.32. The zero-order chi connectivity index (χ0) is 24.9. The van der Waals surface area contributed by atoms with Gasteiger partial charge in [0.2, 0.25) is 5.75 Å². The van der Waals surface area contributed by atoms with E-state index in [0.29, 0.717) is 7.14 Å². The zero-order valence-electron chi connectivity index (χ0n) is 16.7. The van der Waals surface area contributed by atoms with Crippen LogP contribution < -0.4 is 25.7 Å². The largest absolute Gasteiger partial charge is 0.493 e. The molecule has 7 N–H and O–H groups in total. The van der Waals surface area contributed by atoms with E-state index in [2.05, 4.69) is 0 Å². The van der Waals surface area contributed by atoms with Crippen LogP contribution >= 0.6 is 67.8 Å². The van der Waals surface area contributed by atoms with Gasteiger partial charge in [-0.1, -0.05) is 0 Å². The van der Waals surface area contributed by atoms with Crippen molar-refractivity contribution in [3.8, 4) is 17.2 Å². The quantitative estimate of drug-likeness (QED) is 0.213. The Bertz CT molecular complexity index is 1050. The van der Waals surface area contributed by atoms with Crippen LogP contribution in [0.15, 0.2) is 6.07 Å². The smallest absolute Gasteiger partial charge is 0.338 e. The molecule has 0 aliphatic heterocycles. The Morgan fingerprint density at radius 3 is 1.47 bits per heavy atom. The highest BCUT2D eigenvalue weighted by Crippen LogP contribution is 2.43. The molecule has 0 unspecified atom stereocenters. The van der Waals surface area contributed by atoms with Crippen LogP contribution in [0.25, 0.3) is 0 Å². The summed E-state index contributed by atoms with van der Waals surface area (Å²) in [5, 5.41) is 27.0. The van der Waals surface area contributed by atoms with Gasteiger partial charge in [-0.3, -0.25) is 0 Å². The van der Waals surface area contributed by atoms with E-state index in [1.165, 1.54) is 27.4 Å². The minimum absolute atomic E-state index is 0.00708. The van der Waals surface area contributed by atoms with Gasteiger partial charge in [0.1, 0.15) is 0 Å². The van der Waals surface area contributed by atoms with Crippen molar-refractivity contribution in [3.63, 3.8) is 0 Å². The van der Waals surface area contributed by atoms with Crippen LogP contribution in [0.4, 0.5) is 11.4 Å². The van der Waals surface area contributed by atoms with Gasteiger partial charge in [-0.15, -0.1) is 0 Å². The molecule has 11 nitrogen and oxygen atoms in total. The molecule has 0 aliphatic rings. The molecule has 174 valence electrons. The van der Waals surface area contributed by atoms with Crippen molar-refractivity contribution in [1.29, 1.82) is 0 Å². The van der Waals surface area contributed by atoms with Gasteiger partial charge >= 0.3 is 17.9 Å². The fourth-order valence-corrected chi connectivity index (χ4v) is 6.50. The lowest BCUT2D eigenvalue weighted by Crippen LogP contribution is -2.14. The van der Waals surface area contributed by atoms with Gasteiger partial charge in [0.15, 0.2) is 11.5 Å². The molecule has 0 saturated carbocycles. The van der Waals surface area contributed by atoms with E-state index in [4.69, 9.17) is 41.0 Å². The van der Waals surface area contributed by atoms with E-state index in [9.17, 15) is 14.4 Å². The number of nitrogen functional groups attached to an aromatic ring is 2. The van der Waals surface area contributed by atoms with E-state index >= 15 is 0 Å². The van der Waals surface area contributed by atoms with Gasteiger partial charge in [-0.25, -0.2) is 14.4 Å². The summed E-state index contributed by atoms with van der Waals surface area (Å²) in [6, 6.07) is 1.29. The maximum atomic E-state index is 11.0. The van der Waals surface area contributed by atoms with Gasteiger partial charge in [0, 0.05) is 9.64 Å². The third-order valence-corrected chi connectivity index (χ3v) is 7.20. The Kier molecular flexibility index (Phi) is 10.3. The van der Waals surface area contributed by atoms with E-state index in [0.717, 1.165) is 0 Å². The maximum absolute atomic E-state index is 11.0. The summed E-state index contributed by atoms with van der Waals surface area (Å²) in [6.45, 7) is 0. The highest BCUT2D eigenvalue weighted by atomic mass is 127. The minimum atomic E-state index is -1.18. The highest BCUT2D eigenvalue weighted by Gasteiger charge is 2.26. The highest BCUT2D eigenvalue weighted by molar-refractivity contribution is 14.1. The van der Waals surface area contributed by atoms with Crippen LogP contribution in [-0.4, -0.2) is 54.6 Å². The lowest BCUT2D eigenvalue weighted by Gasteiger charge is -2.15. The van der Waals surface area contributed by atoms with Crippen molar-refractivity contribution in [2.75, 3.05) is 32.8 Å². The third kappa shape index (κ3) is 5.69. The first kappa shape index (κ1) is 28.1. The normalized spacial score (nSPS) is 9.94. The first-order valence-electron chi connectivity index (χ1n) is 8.09. The molecule has 0 aliphatic carbocycles. The molecule has 0 saturated heterocycles. The van der Waals surface area contributed by atoms with Crippen LogP contribution in [0.1, 0.15) is 31.1 Å². The number of carbonyl (C=O) groups is 3. The number of nitrogens with two attached hydrogens (primary N) is 2. The average Bonchev–Trinajstić information content (AvgIpc) is 2.71. The van der Waals surface area contributed by atoms with Gasteiger partial charge in [0.05, 0.1) is 56.5 Å². The number of hydrogen-bond acceptors (Lipinski definition) is 8. The third-order valence-electron chi connectivity index (χ3n) is 3.88. The van der Waals surface area contributed by atoms with E-state index in [1.807, 2.05) is 0 Å². The van der Waals surface area contributed by atoms with Crippen molar-refractivity contribution in [2.24, 2.45) is 0 Å². The predicted molar refractivity (Wildman–Crippen MR) is 140 cm³/mol. The lowest BCUT2D eigenvalue weighted by molar-refractivity contribution is 0.0680. The summed E-state index contributed by atoms with van der Waals surface area (Å²) in [4.78, 5) is 33.0. The molecule has 2 rings (SSSR count). The number of rotatable bonds is 6. The number of halogens is 3. The fourth-order valence-electron chi connectivity index (χ4n) is 2.41. The van der Waals surface area contributed by atoms with Crippen LogP contribution in [0.3, 0.4) is 0 Å². The summed E-state index contributed by atoms with van der Waals surface area (Å²) in [5.74, 6) is -2.84. The summed E-state index contributed by atoms with van der Waals surface area (Å²) in [7, 11) is 4.19. The number of hydrogen-bond donors (Lipinski definition) is 5. The molecular weight excluding hydrogens is 769 g/mol. The van der Waals surface area contributed by atoms with Crippen molar-refractivity contribution in [1.82, 2.24) is 0 Å². The van der Waals surface area contributed by atoms with Crippen molar-refractivity contribution >= 4 is 97.1 Å². The first-order valence-corrected chi connectivity index (χ1v) is 11.3. The number of anilines is 2. The summed E-state index contributed by atoms with van der Waals surface area (Å²) in [6.07, 6.45) is 0. The number of carboxylic acids is 3. The molecule has 0 spiro atoms. The second-order valence-corrected chi connectivity index (χ2v) is 8.86. The molecule has 32 heavy (non-hydrogen) atoms. The van der Waals surface area contributed by atoms with Crippen molar-refractivity contribution < 1.29 is 43.9 Å². The SMILES string of the molecule is COc1cc(C(=O)O)c(N)c(OC)c1OC.Nc1c(I)c(C(=O)O)c(I)c(C(=O)O)c1I. The average molecular weight is 786 g/mol. The molecule has 14 heteroatoms. The molecule has 2 aromatic carbocycles. The lowest BCUT2D eigenvalue weighted by atomic mass is 10.1. The molecule has 0 aromatic heterocycles. The molecular formula is C18H17I3N2O9. The van der Waals surface area contributed by atoms with Crippen LogP contribution in [-0.2, 0) is 0 Å². The Morgan fingerprint density at radius 2 is 1.16 bits per heavy atom. The number of aromatic carboxylic acids is 3. The Morgan fingerprint density at radius 1 is 0.719 bits per heavy atom. The Balaban J connectivity index is 0.000000320. The van der Waals surface area contributed by atoms with Crippen LogP contribution in [0, 0.1) is 10.7 Å². The topological polar surface area (TPSA) is 192 Å². The number of benzene rings is 2. The monoisotopic (exact) mass is 786 g/mol. The predicted octanol–water partition coefficient (Wildman–Crippen LogP) is 3.47. The zero-order valence-corrected chi connectivity index (χ0v) is 23.1. The van der Waals surface area contributed by atoms with Gasteiger partial charge < -0.3 is 41.0 Å². The fraction of sp³-hybridized carbons (Fsp3) is 0.167. The molecule has 0 radical (unpaired) electrons. The van der Waals surface area contributed by atoms with E-state index < -0.39 is 17.9 Å². The van der Waals surface area contributed by atoms with Gasteiger partial charge in [-0.2, -0.15) is 0 Å². The standard InChI is InChI=1S/C10H13NO5.C8H4I3NO4/c1-14-6-4-5(10(12)13)7(11)9(16-3)8(6)15-2;9-3-1(7(13)14)4(10)6(12)5(11)2(3)8(15)16/h4H,11H2,1-3H3,(H,12,13);12H2,(H,13,14)(H,15,16). The number of carboxylic acid groups (broad SMARTS) is 3. The minimum Gasteiger partial charge on any atom is -0.493 e. The van der Waals surface area contributed by atoms with Crippen molar-refractivity contribution in [3.05, 3.63) is 33.5 Å². The Hall–Kier alpha value is -1.96. The molecule has 0 bridgehead atoms. The molecule has 0 amide bonds. The molecule has 0 atom stereocenters. The second kappa shape index (κ2) is 11.8. The maximum Gasteiger partial charge on any atom is 0.338 e. The van der Waals surface area contributed by atoms with E-state index in [1.54, 1.807) is 67.8 Å². The molecule has 0 heterocycles. The Labute approximate surface area is 222 Å². The van der Waals surface area contributed by atoms with Gasteiger partial charge in [0.25, 0.3) is 0 Å². The second-order valence-electron chi connectivity index (χ2n) is 5.63. The number of ether oxygens (including phenoxy) is 3. The summed E-state index contributed by atoms with van der Waals surface area (Å²) < 4.78 is 16.0. The van der Waals surface area contributed by atoms with E-state index in [-0.39, 0.29) is 48.9 Å². The number of methoxy groups -OCH3 is 3. The first-order chi connectivity index (χ1) is 14.8. The molecule has 2 aromatic rings. The van der Waals surface area contributed by atoms with Crippen molar-refractivity contribution in [2.45, 2.75) is 0 Å². The van der Waals surface area contributed by atoms with Crippen LogP contribution in [0.5, 0.6) is 17.2 Å².